The monoisotopic (exact) mass is 310 g/mol. The second-order valence-electron chi connectivity index (χ2n) is 5.60. The van der Waals surface area contributed by atoms with Crippen LogP contribution in [0.4, 0.5) is 0 Å². The fraction of sp³-hybridized carbons (Fsp3) is 0.0500. The molecule has 2 aromatic heterocycles. The van der Waals surface area contributed by atoms with Crippen molar-refractivity contribution in [2.24, 2.45) is 0 Å². The number of rotatable bonds is 2. The Morgan fingerprint density at radius 1 is 0.917 bits per heavy atom. The van der Waals surface area contributed by atoms with Gasteiger partial charge in [0.2, 0.25) is 0 Å². The normalized spacial score (nSPS) is 10.7. The van der Waals surface area contributed by atoms with Gasteiger partial charge in [-0.2, -0.15) is 10.4 Å². The predicted molar refractivity (Wildman–Crippen MR) is 94.2 cm³/mol. The molecule has 0 amide bonds. The highest BCUT2D eigenvalue weighted by molar-refractivity contribution is 6.00. The molecule has 0 spiro atoms. The van der Waals surface area contributed by atoms with Gasteiger partial charge in [0.1, 0.15) is 6.07 Å². The lowest BCUT2D eigenvalue weighted by molar-refractivity contribution is 1.06. The molecule has 0 saturated carbocycles. The van der Waals surface area contributed by atoms with Crippen LogP contribution in [0.3, 0.4) is 0 Å². The number of hydrogen-bond donors (Lipinski definition) is 1. The van der Waals surface area contributed by atoms with Crippen LogP contribution < -0.4 is 0 Å². The maximum atomic E-state index is 9.89. The van der Waals surface area contributed by atoms with Crippen molar-refractivity contribution in [3.05, 3.63) is 71.9 Å². The van der Waals surface area contributed by atoms with E-state index >= 15 is 0 Å². The molecule has 4 rings (SSSR count). The molecule has 0 aliphatic rings. The summed E-state index contributed by atoms with van der Waals surface area (Å²) < 4.78 is 0. The highest BCUT2D eigenvalue weighted by Gasteiger charge is 2.20. The van der Waals surface area contributed by atoms with Crippen LogP contribution in [-0.2, 0) is 0 Å². The Labute approximate surface area is 139 Å². The fourth-order valence-corrected chi connectivity index (χ4v) is 3.01. The summed E-state index contributed by atoms with van der Waals surface area (Å²) in [5, 5.41) is 18.1. The number of pyridine rings is 1. The first kappa shape index (κ1) is 14.2. The summed E-state index contributed by atoms with van der Waals surface area (Å²) in [4.78, 5) is 4.66. The zero-order valence-electron chi connectivity index (χ0n) is 13.1. The van der Waals surface area contributed by atoms with E-state index in [0.717, 1.165) is 27.8 Å². The molecule has 0 unspecified atom stereocenters. The molecule has 0 bridgehead atoms. The van der Waals surface area contributed by atoms with Crippen LogP contribution >= 0.6 is 0 Å². The molecular weight excluding hydrogens is 296 g/mol. The molecule has 2 aromatic carbocycles. The molecule has 0 saturated heterocycles. The van der Waals surface area contributed by atoms with E-state index in [9.17, 15) is 5.26 Å². The molecule has 114 valence electrons. The number of benzene rings is 2. The lowest BCUT2D eigenvalue weighted by atomic mass is 9.93. The minimum absolute atomic E-state index is 0.574. The SMILES string of the molecule is Cc1[nH]nc2nc(-c3ccccc3)c(C#N)c(-c3ccccc3)c12. The van der Waals surface area contributed by atoms with E-state index < -0.39 is 0 Å². The highest BCUT2D eigenvalue weighted by Crippen LogP contribution is 2.37. The van der Waals surface area contributed by atoms with E-state index in [1.807, 2.05) is 67.6 Å². The van der Waals surface area contributed by atoms with Gasteiger partial charge >= 0.3 is 0 Å². The zero-order chi connectivity index (χ0) is 16.5. The van der Waals surface area contributed by atoms with E-state index in [-0.39, 0.29) is 0 Å². The van der Waals surface area contributed by atoms with Gasteiger partial charge in [-0.25, -0.2) is 4.98 Å². The van der Waals surface area contributed by atoms with Crippen LogP contribution in [0.25, 0.3) is 33.4 Å². The summed E-state index contributed by atoms with van der Waals surface area (Å²) in [5.74, 6) is 0. The summed E-state index contributed by atoms with van der Waals surface area (Å²) in [6, 6.07) is 22.1. The number of nitriles is 1. The van der Waals surface area contributed by atoms with Crippen molar-refractivity contribution in [3.8, 4) is 28.5 Å². The quantitative estimate of drug-likeness (QED) is 0.594. The standard InChI is InChI=1S/C20H14N4/c1-13-17-18(14-8-4-2-5-9-14)16(12-21)19(22-20(17)24-23-13)15-10-6-3-7-11-15/h2-11H,1H3,(H,22,23,24). The van der Waals surface area contributed by atoms with Crippen molar-refractivity contribution < 1.29 is 0 Å². The largest absolute Gasteiger partial charge is 0.280 e. The van der Waals surface area contributed by atoms with Crippen molar-refractivity contribution in [3.63, 3.8) is 0 Å². The Balaban J connectivity index is 2.16. The molecule has 4 heteroatoms. The first-order valence-corrected chi connectivity index (χ1v) is 7.69. The Morgan fingerprint density at radius 2 is 1.54 bits per heavy atom. The molecule has 0 aliphatic heterocycles. The lowest BCUT2D eigenvalue weighted by Gasteiger charge is -2.11. The van der Waals surface area contributed by atoms with E-state index in [4.69, 9.17) is 0 Å². The third-order valence-corrected chi connectivity index (χ3v) is 4.10. The number of aromatic nitrogens is 3. The van der Waals surface area contributed by atoms with Crippen LogP contribution in [0, 0.1) is 18.3 Å². The number of aryl methyl sites for hydroxylation is 1. The molecule has 0 radical (unpaired) electrons. The number of aromatic amines is 1. The number of fused-ring (bicyclic) bond motifs is 1. The van der Waals surface area contributed by atoms with Gasteiger partial charge in [0, 0.05) is 16.8 Å². The lowest BCUT2D eigenvalue weighted by Crippen LogP contribution is -1.96. The molecular formula is C20H14N4. The molecule has 24 heavy (non-hydrogen) atoms. The van der Waals surface area contributed by atoms with Gasteiger partial charge in [-0.15, -0.1) is 0 Å². The fourth-order valence-electron chi connectivity index (χ4n) is 3.01. The zero-order valence-corrected chi connectivity index (χ0v) is 13.1. The van der Waals surface area contributed by atoms with Crippen molar-refractivity contribution in [1.29, 1.82) is 5.26 Å². The average Bonchev–Trinajstić information content (AvgIpc) is 3.02. The second-order valence-corrected chi connectivity index (χ2v) is 5.60. The third-order valence-electron chi connectivity index (χ3n) is 4.10. The predicted octanol–water partition coefficient (Wildman–Crippen LogP) is 4.47. The second kappa shape index (κ2) is 5.64. The van der Waals surface area contributed by atoms with E-state index in [2.05, 4.69) is 21.3 Å². The smallest absolute Gasteiger partial charge is 0.182 e. The minimum Gasteiger partial charge on any atom is -0.280 e. The molecule has 1 N–H and O–H groups in total. The van der Waals surface area contributed by atoms with E-state index in [1.54, 1.807) is 0 Å². The Bertz CT molecular complexity index is 1060. The van der Waals surface area contributed by atoms with Gasteiger partial charge in [0.25, 0.3) is 0 Å². The number of H-pyrrole nitrogens is 1. The molecule has 2 heterocycles. The van der Waals surface area contributed by atoms with Gasteiger partial charge in [-0.3, -0.25) is 5.10 Å². The topological polar surface area (TPSA) is 65.4 Å². The number of nitrogens with one attached hydrogen (secondary N) is 1. The Hall–Kier alpha value is -3.45. The maximum absolute atomic E-state index is 9.89. The van der Waals surface area contributed by atoms with Crippen molar-refractivity contribution >= 4 is 11.0 Å². The van der Waals surface area contributed by atoms with Crippen molar-refractivity contribution in [1.82, 2.24) is 15.2 Å². The molecule has 0 aliphatic carbocycles. The maximum Gasteiger partial charge on any atom is 0.182 e. The number of nitrogens with zero attached hydrogens (tertiary/aromatic N) is 3. The van der Waals surface area contributed by atoms with Crippen LogP contribution in [0.1, 0.15) is 11.3 Å². The molecule has 4 aromatic rings. The average molecular weight is 310 g/mol. The van der Waals surface area contributed by atoms with Crippen LogP contribution in [0.15, 0.2) is 60.7 Å². The Morgan fingerprint density at radius 3 is 2.17 bits per heavy atom. The van der Waals surface area contributed by atoms with Crippen LogP contribution in [0.5, 0.6) is 0 Å². The molecule has 4 nitrogen and oxygen atoms in total. The van der Waals surface area contributed by atoms with Crippen molar-refractivity contribution in [2.45, 2.75) is 6.92 Å². The van der Waals surface area contributed by atoms with Gasteiger partial charge < -0.3 is 0 Å². The van der Waals surface area contributed by atoms with Gasteiger partial charge in [-0.05, 0) is 12.5 Å². The third kappa shape index (κ3) is 2.15. The Kier molecular flexibility index (Phi) is 3.33. The van der Waals surface area contributed by atoms with Gasteiger partial charge in [0.15, 0.2) is 5.65 Å². The number of hydrogen-bond acceptors (Lipinski definition) is 3. The summed E-state index contributed by atoms with van der Waals surface area (Å²) >= 11 is 0. The summed E-state index contributed by atoms with van der Waals surface area (Å²) in [7, 11) is 0. The summed E-state index contributed by atoms with van der Waals surface area (Å²) in [6.45, 7) is 1.95. The van der Waals surface area contributed by atoms with Crippen LogP contribution in [0.2, 0.25) is 0 Å². The van der Waals surface area contributed by atoms with Crippen molar-refractivity contribution in [2.75, 3.05) is 0 Å². The van der Waals surface area contributed by atoms with Gasteiger partial charge in [-0.1, -0.05) is 60.7 Å². The van der Waals surface area contributed by atoms with Crippen LogP contribution in [-0.4, -0.2) is 15.2 Å². The van der Waals surface area contributed by atoms with E-state index in [1.165, 1.54) is 0 Å². The summed E-state index contributed by atoms with van der Waals surface area (Å²) in [5.41, 5.74) is 5.56. The molecule has 0 fully saturated rings. The van der Waals surface area contributed by atoms with Gasteiger partial charge in [0.05, 0.1) is 16.6 Å². The first-order valence-electron chi connectivity index (χ1n) is 7.69. The molecule has 0 atom stereocenters. The summed E-state index contributed by atoms with van der Waals surface area (Å²) in [6.07, 6.45) is 0. The first-order chi connectivity index (χ1) is 11.8. The highest BCUT2D eigenvalue weighted by atomic mass is 15.1. The van der Waals surface area contributed by atoms with E-state index in [0.29, 0.717) is 16.9 Å². The minimum atomic E-state index is 0.574.